The molecule has 14 heteroatoms. The van der Waals surface area contributed by atoms with E-state index >= 15 is 0 Å². The van der Waals surface area contributed by atoms with E-state index in [-0.39, 0.29) is 41.5 Å². The van der Waals surface area contributed by atoms with Crippen molar-refractivity contribution in [2.45, 2.75) is 37.0 Å². The summed E-state index contributed by atoms with van der Waals surface area (Å²) in [6, 6.07) is 5.98. The predicted molar refractivity (Wildman–Crippen MR) is 138 cm³/mol. The maximum Gasteiger partial charge on any atom is 0.257 e. The van der Waals surface area contributed by atoms with Gasteiger partial charge in [-0.05, 0) is 42.8 Å². The minimum Gasteiger partial charge on any atom is -0.453 e. The lowest BCUT2D eigenvalue weighted by Gasteiger charge is -2.40. The highest BCUT2D eigenvalue weighted by Crippen LogP contribution is 2.40. The molecule has 0 saturated carbocycles. The normalized spacial score (nSPS) is 18.2. The number of hydrogen-bond donors (Lipinski definition) is 2. The van der Waals surface area contributed by atoms with Gasteiger partial charge in [0.05, 0.1) is 23.9 Å². The lowest BCUT2D eigenvalue weighted by Crippen LogP contribution is -2.52. The largest absolute Gasteiger partial charge is 0.453 e. The molecule has 0 bridgehead atoms. The minimum absolute atomic E-state index is 0.0652. The first-order valence-electron chi connectivity index (χ1n) is 12.1. The molecule has 3 heterocycles. The van der Waals surface area contributed by atoms with E-state index in [1.807, 2.05) is 0 Å². The second kappa shape index (κ2) is 11.4. The smallest absolute Gasteiger partial charge is 0.257 e. The van der Waals surface area contributed by atoms with Gasteiger partial charge < -0.3 is 15.0 Å². The second-order valence-electron chi connectivity index (χ2n) is 9.64. The Balaban J connectivity index is 1.43. The van der Waals surface area contributed by atoms with E-state index in [1.165, 1.54) is 24.4 Å². The van der Waals surface area contributed by atoms with Gasteiger partial charge in [-0.3, -0.25) is 14.5 Å². The summed E-state index contributed by atoms with van der Waals surface area (Å²) >= 11 is 0. The Morgan fingerprint density at radius 1 is 1.25 bits per heavy atom. The number of benzene rings is 1. The van der Waals surface area contributed by atoms with E-state index in [9.17, 15) is 35.6 Å². The van der Waals surface area contributed by atoms with Gasteiger partial charge in [-0.25, -0.2) is 31.0 Å². The fraction of sp³-hybridized carbons (Fsp3) is 0.346. The quantitative estimate of drug-likeness (QED) is 0.387. The average molecular weight is 583 g/mol. The van der Waals surface area contributed by atoms with Crippen molar-refractivity contribution in [1.29, 1.82) is 0 Å². The van der Waals surface area contributed by atoms with Crippen molar-refractivity contribution >= 4 is 21.6 Å². The van der Waals surface area contributed by atoms with Crippen LogP contribution in [0.3, 0.4) is 0 Å². The van der Waals surface area contributed by atoms with Gasteiger partial charge in [0.1, 0.15) is 17.4 Å². The van der Waals surface area contributed by atoms with Gasteiger partial charge in [0.2, 0.25) is 5.91 Å². The Hall–Kier alpha value is -3.78. The first-order valence-corrected chi connectivity index (χ1v) is 14.2. The maximum atomic E-state index is 14.9. The number of aromatic nitrogens is 2. The Labute approximate surface area is 227 Å². The van der Waals surface area contributed by atoms with E-state index in [2.05, 4.69) is 15.3 Å². The van der Waals surface area contributed by atoms with Crippen LogP contribution in [0.1, 0.15) is 30.4 Å². The average Bonchev–Trinajstić information content (AvgIpc) is 2.87. The molecule has 2 aromatic heterocycles. The fourth-order valence-electron chi connectivity index (χ4n) is 4.36. The minimum atomic E-state index is -3.58. The molecular formula is C26H26F4N4O5S. The molecule has 9 nitrogen and oxygen atoms in total. The van der Waals surface area contributed by atoms with Gasteiger partial charge in [-0.15, -0.1) is 0 Å². The molecule has 1 aromatic carbocycles. The zero-order valence-corrected chi connectivity index (χ0v) is 22.3. The SMILES string of the molecule is C[C@@H](C(=O)Nc1ccc(Oc2ccc(F)cc2F)cn1)N1CCC(F)(F)[C@@H](c2c[nH]c(=O)c(CS(C)(=O)=O)c2)C1. The van der Waals surface area contributed by atoms with Crippen molar-refractivity contribution in [2.24, 2.45) is 0 Å². The molecule has 2 atom stereocenters. The molecule has 214 valence electrons. The molecule has 4 rings (SSSR count). The summed E-state index contributed by atoms with van der Waals surface area (Å²) < 4.78 is 85.4. The number of likely N-dealkylation sites (tertiary alicyclic amines) is 1. The number of rotatable bonds is 8. The summed E-state index contributed by atoms with van der Waals surface area (Å²) in [4.78, 5) is 32.9. The zero-order valence-electron chi connectivity index (χ0n) is 21.5. The molecule has 2 N–H and O–H groups in total. The summed E-state index contributed by atoms with van der Waals surface area (Å²) in [7, 11) is -3.58. The molecule has 1 saturated heterocycles. The third-order valence-corrected chi connectivity index (χ3v) is 7.35. The number of halogens is 4. The maximum absolute atomic E-state index is 14.9. The Morgan fingerprint density at radius 2 is 2.00 bits per heavy atom. The topological polar surface area (TPSA) is 121 Å². The number of alkyl halides is 2. The molecule has 40 heavy (non-hydrogen) atoms. The number of nitrogens with one attached hydrogen (secondary N) is 2. The van der Waals surface area contributed by atoms with Crippen LogP contribution in [0.15, 0.2) is 53.6 Å². The van der Waals surface area contributed by atoms with Crippen LogP contribution in [0.2, 0.25) is 0 Å². The van der Waals surface area contributed by atoms with Crippen LogP contribution < -0.4 is 15.6 Å². The van der Waals surface area contributed by atoms with Gasteiger partial charge in [-0.1, -0.05) is 0 Å². The fourth-order valence-corrected chi connectivity index (χ4v) is 5.14. The highest BCUT2D eigenvalue weighted by Gasteiger charge is 2.46. The number of carbonyl (C=O) groups is 1. The van der Waals surface area contributed by atoms with Crippen LogP contribution >= 0.6 is 0 Å². The van der Waals surface area contributed by atoms with E-state index in [4.69, 9.17) is 4.74 Å². The molecule has 1 aliphatic rings. The number of anilines is 1. The zero-order chi connectivity index (χ0) is 29.2. The Kier molecular flexibility index (Phi) is 8.30. The Morgan fingerprint density at radius 3 is 2.65 bits per heavy atom. The van der Waals surface area contributed by atoms with Crippen LogP contribution in [0, 0.1) is 11.6 Å². The van der Waals surface area contributed by atoms with Crippen LogP contribution in [-0.4, -0.2) is 60.5 Å². The summed E-state index contributed by atoms with van der Waals surface area (Å²) in [5.41, 5.74) is -0.751. The van der Waals surface area contributed by atoms with E-state index in [0.29, 0.717) is 6.07 Å². The van der Waals surface area contributed by atoms with Gasteiger partial charge in [0.15, 0.2) is 21.4 Å². The number of pyridine rings is 2. The molecule has 1 amide bonds. The number of ether oxygens (including phenoxy) is 1. The number of amides is 1. The van der Waals surface area contributed by atoms with Crippen LogP contribution in [0.5, 0.6) is 11.5 Å². The molecule has 0 aliphatic carbocycles. The number of aromatic amines is 1. The van der Waals surface area contributed by atoms with Gasteiger partial charge in [0.25, 0.3) is 11.5 Å². The van der Waals surface area contributed by atoms with E-state index in [0.717, 1.165) is 24.6 Å². The number of sulfone groups is 1. The first kappa shape index (κ1) is 29.2. The van der Waals surface area contributed by atoms with Crippen molar-refractivity contribution in [3.05, 3.63) is 81.9 Å². The molecule has 0 spiro atoms. The highest BCUT2D eigenvalue weighted by molar-refractivity contribution is 7.89. The summed E-state index contributed by atoms with van der Waals surface area (Å²) in [6.07, 6.45) is 2.76. The molecule has 0 unspecified atom stereocenters. The monoisotopic (exact) mass is 582 g/mol. The van der Waals surface area contributed by atoms with Gasteiger partial charge >= 0.3 is 0 Å². The predicted octanol–water partition coefficient (Wildman–Crippen LogP) is 3.84. The molecule has 1 aliphatic heterocycles. The van der Waals surface area contributed by atoms with Crippen molar-refractivity contribution in [2.75, 3.05) is 24.7 Å². The Bertz CT molecular complexity index is 1560. The van der Waals surface area contributed by atoms with Crippen molar-refractivity contribution in [1.82, 2.24) is 14.9 Å². The van der Waals surface area contributed by atoms with E-state index < -0.39 is 63.0 Å². The summed E-state index contributed by atoms with van der Waals surface area (Å²) in [5.74, 6) is -7.26. The number of carbonyl (C=O) groups excluding carboxylic acids is 1. The highest BCUT2D eigenvalue weighted by atomic mass is 32.2. The number of hydrogen-bond acceptors (Lipinski definition) is 7. The number of H-pyrrole nitrogens is 1. The van der Waals surface area contributed by atoms with Gasteiger partial charge in [0, 0.05) is 43.6 Å². The standard InChI is InChI=1S/C26H26F4N4O5S/c1-15(24(35)33-23-6-4-19(12-31-23)39-22-5-3-18(27)10-21(22)28)34-8-7-26(29,30)20(13-34)16-9-17(14-40(2,37)38)25(36)32-11-16/h3-6,9-12,15,20H,7-8,13-14H2,1-2H3,(H,32,36)(H,31,33,35)/t15-,20+/m0/s1. The van der Waals surface area contributed by atoms with Crippen molar-refractivity contribution in [3.63, 3.8) is 0 Å². The summed E-state index contributed by atoms with van der Waals surface area (Å²) in [5, 5.41) is 2.59. The molecular weight excluding hydrogens is 556 g/mol. The molecule has 1 fully saturated rings. The number of piperidine rings is 1. The third-order valence-electron chi connectivity index (χ3n) is 6.52. The molecule has 3 aromatic rings. The van der Waals surface area contributed by atoms with Crippen LogP contribution in [-0.2, 0) is 20.4 Å². The van der Waals surface area contributed by atoms with Crippen LogP contribution in [0.25, 0.3) is 0 Å². The second-order valence-corrected chi connectivity index (χ2v) is 11.8. The number of nitrogens with zero attached hydrogens (tertiary/aromatic N) is 2. The lowest BCUT2D eigenvalue weighted by molar-refractivity contribution is -0.125. The third kappa shape index (κ3) is 7.04. The van der Waals surface area contributed by atoms with Crippen molar-refractivity contribution in [3.8, 4) is 11.5 Å². The lowest BCUT2D eigenvalue weighted by atomic mass is 9.86. The summed E-state index contributed by atoms with van der Waals surface area (Å²) in [6.45, 7) is 1.24. The van der Waals surface area contributed by atoms with Crippen molar-refractivity contribution < 1.29 is 35.5 Å². The van der Waals surface area contributed by atoms with Crippen LogP contribution in [0.4, 0.5) is 23.4 Å². The molecule has 0 radical (unpaired) electrons. The van der Waals surface area contributed by atoms with Gasteiger partial charge in [-0.2, -0.15) is 0 Å². The van der Waals surface area contributed by atoms with E-state index in [1.54, 1.807) is 11.8 Å². The first-order chi connectivity index (χ1) is 18.7.